The Morgan fingerprint density at radius 1 is 1.26 bits per heavy atom. The second kappa shape index (κ2) is 11.1. The number of ether oxygens (including phenoxy) is 2. The third kappa shape index (κ3) is 6.36. The van der Waals surface area contributed by atoms with Gasteiger partial charge in [-0.1, -0.05) is 36.4 Å². The molecule has 1 fully saturated rings. The molecule has 0 unspecified atom stereocenters. The predicted molar refractivity (Wildman–Crippen MR) is 111 cm³/mol. The van der Waals surface area contributed by atoms with E-state index in [1.807, 2.05) is 7.05 Å². The number of nitrogens with zero attached hydrogens (tertiary/aromatic N) is 2. The van der Waals surface area contributed by atoms with Crippen LogP contribution in [0.4, 0.5) is 0 Å². The van der Waals surface area contributed by atoms with Crippen LogP contribution >= 0.6 is 0 Å². The maximum atomic E-state index is 5.84. The van der Waals surface area contributed by atoms with E-state index in [0.717, 1.165) is 77.7 Å². The Morgan fingerprint density at radius 3 is 2.78 bits per heavy atom. The first-order valence-corrected chi connectivity index (χ1v) is 10.2. The van der Waals surface area contributed by atoms with E-state index in [4.69, 9.17) is 9.47 Å². The number of nitrogens with one attached hydrogen (secondary N) is 1. The first-order valence-electron chi connectivity index (χ1n) is 10.2. The van der Waals surface area contributed by atoms with Crippen molar-refractivity contribution in [2.75, 3.05) is 53.1 Å². The summed E-state index contributed by atoms with van der Waals surface area (Å²) in [7, 11) is 1.86. The standard InChI is InChI=1S/C22H33N3O2/c1-23-22(24-12-5-15-27-18-19-10-16-26-17-11-19)25-13-8-21(9-14-25)20-6-3-2-4-7-20/h2-4,6-8,19H,5,9-18H2,1H3,(H,23,24). The zero-order valence-corrected chi connectivity index (χ0v) is 16.5. The summed E-state index contributed by atoms with van der Waals surface area (Å²) in [5.74, 6) is 1.67. The fourth-order valence-corrected chi connectivity index (χ4v) is 3.65. The van der Waals surface area contributed by atoms with Gasteiger partial charge in [-0.25, -0.2) is 0 Å². The molecule has 1 saturated heterocycles. The molecule has 2 aliphatic rings. The minimum Gasteiger partial charge on any atom is -0.381 e. The summed E-state index contributed by atoms with van der Waals surface area (Å²) >= 11 is 0. The molecule has 5 nitrogen and oxygen atoms in total. The Bertz CT molecular complexity index is 609. The molecule has 2 aliphatic heterocycles. The van der Waals surface area contributed by atoms with E-state index in [9.17, 15) is 0 Å². The van der Waals surface area contributed by atoms with Gasteiger partial charge in [-0.15, -0.1) is 0 Å². The Hall–Kier alpha value is -1.85. The number of guanidine groups is 1. The van der Waals surface area contributed by atoms with E-state index in [1.165, 1.54) is 11.1 Å². The van der Waals surface area contributed by atoms with Gasteiger partial charge < -0.3 is 19.7 Å². The molecular formula is C22H33N3O2. The molecule has 0 radical (unpaired) electrons. The van der Waals surface area contributed by atoms with Crippen molar-refractivity contribution < 1.29 is 9.47 Å². The highest BCUT2D eigenvalue weighted by atomic mass is 16.5. The van der Waals surface area contributed by atoms with Crippen molar-refractivity contribution in [1.29, 1.82) is 0 Å². The van der Waals surface area contributed by atoms with Gasteiger partial charge in [0.25, 0.3) is 0 Å². The lowest BCUT2D eigenvalue weighted by atomic mass is 10.00. The quantitative estimate of drug-likeness (QED) is 0.454. The summed E-state index contributed by atoms with van der Waals surface area (Å²) in [4.78, 5) is 6.76. The van der Waals surface area contributed by atoms with Crippen LogP contribution < -0.4 is 5.32 Å². The van der Waals surface area contributed by atoms with Gasteiger partial charge in [0.2, 0.25) is 0 Å². The summed E-state index contributed by atoms with van der Waals surface area (Å²) in [6, 6.07) is 10.7. The summed E-state index contributed by atoms with van der Waals surface area (Å²) in [6.07, 6.45) is 6.65. The van der Waals surface area contributed by atoms with E-state index < -0.39 is 0 Å². The molecule has 1 aromatic rings. The van der Waals surface area contributed by atoms with E-state index in [2.05, 4.69) is 51.6 Å². The molecule has 0 aliphatic carbocycles. The van der Waals surface area contributed by atoms with Crippen molar-refractivity contribution in [3.63, 3.8) is 0 Å². The Morgan fingerprint density at radius 2 is 2.07 bits per heavy atom. The largest absolute Gasteiger partial charge is 0.381 e. The molecule has 0 bridgehead atoms. The van der Waals surface area contributed by atoms with Crippen molar-refractivity contribution in [2.45, 2.75) is 25.7 Å². The number of hydrogen-bond acceptors (Lipinski definition) is 3. The summed E-state index contributed by atoms with van der Waals surface area (Å²) in [5.41, 5.74) is 2.77. The monoisotopic (exact) mass is 371 g/mol. The molecule has 1 aromatic carbocycles. The average molecular weight is 372 g/mol. The second-order valence-electron chi connectivity index (χ2n) is 7.25. The van der Waals surface area contributed by atoms with E-state index in [-0.39, 0.29) is 0 Å². The van der Waals surface area contributed by atoms with Gasteiger partial charge in [0, 0.05) is 53.1 Å². The third-order valence-electron chi connectivity index (χ3n) is 5.31. The molecule has 0 atom stereocenters. The lowest BCUT2D eigenvalue weighted by molar-refractivity contribution is 0.0203. The molecule has 0 amide bonds. The van der Waals surface area contributed by atoms with Crippen LogP contribution in [0.25, 0.3) is 5.57 Å². The summed E-state index contributed by atoms with van der Waals surface area (Å²) < 4.78 is 11.2. The first-order chi connectivity index (χ1) is 13.4. The van der Waals surface area contributed by atoms with Crippen LogP contribution in [0.3, 0.4) is 0 Å². The Kier molecular flexibility index (Phi) is 8.18. The highest BCUT2D eigenvalue weighted by Crippen LogP contribution is 2.22. The van der Waals surface area contributed by atoms with Crippen LogP contribution in [-0.4, -0.2) is 64.0 Å². The topological polar surface area (TPSA) is 46.1 Å². The zero-order chi connectivity index (χ0) is 18.7. The van der Waals surface area contributed by atoms with Crippen LogP contribution in [0.5, 0.6) is 0 Å². The van der Waals surface area contributed by atoms with E-state index in [0.29, 0.717) is 5.92 Å². The van der Waals surface area contributed by atoms with Gasteiger partial charge in [-0.05, 0) is 42.7 Å². The maximum Gasteiger partial charge on any atom is 0.193 e. The Balaban J connectivity index is 1.33. The molecular weight excluding hydrogens is 338 g/mol. The minimum atomic E-state index is 0.679. The van der Waals surface area contributed by atoms with Crippen molar-refractivity contribution in [2.24, 2.45) is 10.9 Å². The molecule has 3 rings (SSSR count). The number of benzene rings is 1. The normalized spacial score (nSPS) is 19.1. The molecule has 148 valence electrons. The van der Waals surface area contributed by atoms with Crippen LogP contribution in [0, 0.1) is 5.92 Å². The van der Waals surface area contributed by atoms with Gasteiger partial charge in [-0.2, -0.15) is 0 Å². The predicted octanol–water partition coefficient (Wildman–Crippen LogP) is 3.18. The average Bonchev–Trinajstić information content (AvgIpc) is 2.75. The van der Waals surface area contributed by atoms with Crippen molar-refractivity contribution in [3.05, 3.63) is 42.0 Å². The smallest absolute Gasteiger partial charge is 0.193 e. The highest BCUT2D eigenvalue weighted by Gasteiger charge is 2.16. The van der Waals surface area contributed by atoms with E-state index in [1.54, 1.807) is 0 Å². The van der Waals surface area contributed by atoms with Crippen LogP contribution in [-0.2, 0) is 9.47 Å². The maximum absolute atomic E-state index is 5.84. The fourth-order valence-electron chi connectivity index (χ4n) is 3.65. The molecule has 5 heteroatoms. The van der Waals surface area contributed by atoms with Gasteiger partial charge in [-0.3, -0.25) is 4.99 Å². The van der Waals surface area contributed by atoms with Crippen LogP contribution in [0.15, 0.2) is 41.4 Å². The van der Waals surface area contributed by atoms with Crippen molar-refractivity contribution in [1.82, 2.24) is 10.2 Å². The lowest BCUT2D eigenvalue weighted by Gasteiger charge is -2.29. The van der Waals surface area contributed by atoms with Gasteiger partial charge in [0.15, 0.2) is 5.96 Å². The molecule has 1 N–H and O–H groups in total. The lowest BCUT2D eigenvalue weighted by Crippen LogP contribution is -2.43. The van der Waals surface area contributed by atoms with Crippen molar-refractivity contribution >= 4 is 11.5 Å². The van der Waals surface area contributed by atoms with Gasteiger partial charge in [0.05, 0.1) is 0 Å². The third-order valence-corrected chi connectivity index (χ3v) is 5.31. The molecule has 27 heavy (non-hydrogen) atoms. The van der Waals surface area contributed by atoms with E-state index >= 15 is 0 Å². The number of rotatable bonds is 7. The molecule has 0 spiro atoms. The SMILES string of the molecule is CN=C(NCCCOCC1CCOCC1)N1CC=C(c2ccccc2)CC1. The summed E-state index contributed by atoms with van der Waals surface area (Å²) in [6.45, 7) is 6.26. The number of aliphatic imine (C=N–C) groups is 1. The van der Waals surface area contributed by atoms with Crippen LogP contribution in [0.2, 0.25) is 0 Å². The highest BCUT2D eigenvalue weighted by molar-refractivity contribution is 5.81. The van der Waals surface area contributed by atoms with Gasteiger partial charge in [0.1, 0.15) is 0 Å². The summed E-state index contributed by atoms with van der Waals surface area (Å²) in [5, 5.41) is 3.48. The zero-order valence-electron chi connectivity index (χ0n) is 16.5. The fraction of sp³-hybridized carbons (Fsp3) is 0.591. The van der Waals surface area contributed by atoms with Crippen molar-refractivity contribution in [3.8, 4) is 0 Å². The first kappa shape index (κ1) is 19.9. The van der Waals surface area contributed by atoms with Crippen LogP contribution in [0.1, 0.15) is 31.2 Å². The van der Waals surface area contributed by atoms with Gasteiger partial charge >= 0.3 is 0 Å². The molecule has 2 heterocycles. The number of hydrogen-bond donors (Lipinski definition) is 1. The Labute approximate surface area is 163 Å². The molecule has 0 saturated carbocycles. The molecule has 0 aromatic heterocycles. The second-order valence-corrected chi connectivity index (χ2v) is 7.25. The minimum absolute atomic E-state index is 0.679.